The Morgan fingerprint density at radius 3 is 2.66 bits per heavy atom. The molecule has 0 saturated heterocycles. The standard InChI is InChI=1S/C24H27FN2O5S3/c1-4-31-23(28)22-9-8-19(34-22)13-32-21-11-18-7-5-6-17(18)10-20(21)27(12-15(2)25)35(29,30)24-26-16(3)14-33-24/h8-11,14-15H,4-7,12-13H2,1-3H3. The van der Waals surface area contributed by atoms with Gasteiger partial charge in [-0.2, -0.15) is 8.42 Å². The molecule has 1 unspecified atom stereocenters. The van der Waals surface area contributed by atoms with Gasteiger partial charge in [-0.15, -0.1) is 22.7 Å². The Bertz CT molecular complexity index is 1320. The molecule has 0 saturated carbocycles. The van der Waals surface area contributed by atoms with E-state index >= 15 is 0 Å². The van der Waals surface area contributed by atoms with Crippen LogP contribution in [0.25, 0.3) is 0 Å². The lowest BCUT2D eigenvalue weighted by atomic mass is 10.1. The Balaban J connectivity index is 1.70. The number of nitrogens with zero attached hydrogens (tertiary/aromatic N) is 2. The third-order valence-electron chi connectivity index (χ3n) is 5.48. The highest BCUT2D eigenvalue weighted by Gasteiger charge is 2.32. The molecule has 35 heavy (non-hydrogen) atoms. The summed E-state index contributed by atoms with van der Waals surface area (Å²) in [6, 6.07) is 7.12. The Morgan fingerprint density at radius 2 is 2.00 bits per heavy atom. The minimum absolute atomic E-state index is 0.0839. The van der Waals surface area contributed by atoms with E-state index in [1.807, 2.05) is 6.07 Å². The van der Waals surface area contributed by atoms with E-state index in [9.17, 15) is 17.6 Å². The normalized spacial score (nSPS) is 13.9. The molecule has 1 aliphatic carbocycles. The largest absolute Gasteiger partial charge is 0.486 e. The van der Waals surface area contributed by atoms with Crippen LogP contribution in [0.15, 0.2) is 34.0 Å². The summed E-state index contributed by atoms with van der Waals surface area (Å²) in [6.07, 6.45) is 1.25. The van der Waals surface area contributed by atoms with Crippen LogP contribution in [0.1, 0.15) is 51.6 Å². The number of alkyl halides is 1. The summed E-state index contributed by atoms with van der Waals surface area (Å²) in [5, 5.41) is 1.65. The minimum atomic E-state index is -4.10. The van der Waals surface area contributed by atoms with Crippen LogP contribution < -0.4 is 9.04 Å². The maximum atomic E-state index is 14.3. The predicted molar refractivity (Wildman–Crippen MR) is 135 cm³/mol. The van der Waals surface area contributed by atoms with Gasteiger partial charge in [-0.05, 0) is 75.4 Å². The molecule has 11 heteroatoms. The van der Waals surface area contributed by atoms with Crippen LogP contribution in [0.2, 0.25) is 0 Å². The van der Waals surface area contributed by atoms with Crippen LogP contribution in [0, 0.1) is 6.92 Å². The third-order valence-corrected chi connectivity index (χ3v) is 9.65. The highest BCUT2D eigenvalue weighted by atomic mass is 32.2. The number of carbonyl (C=O) groups is 1. The topological polar surface area (TPSA) is 85.8 Å². The molecule has 188 valence electrons. The summed E-state index contributed by atoms with van der Waals surface area (Å²) >= 11 is 2.27. The first-order valence-electron chi connectivity index (χ1n) is 11.3. The van der Waals surface area contributed by atoms with E-state index in [1.165, 1.54) is 18.3 Å². The first-order chi connectivity index (χ1) is 16.7. The molecule has 1 atom stereocenters. The average Bonchev–Trinajstić information content (AvgIpc) is 3.56. The monoisotopic (exact) mass is 538 g/mol. The maximum absolute atomic E-state index is 14.3. The van der Waals surface area contributed by atoms with Gasteiger partial charge < -0.3 is 9.47 Å². The molecular formula is C24H27FN2O5S3. The number of esters is 1. The van der Waals surface area contributed by atoms with E-state index in [0.29, 0.717) is 22.0 Å². The second-order valence-corrected chi connectivity index (χ2v) is 12.4. The third kappa shape index (κ3) is 5.68. The summed E-state index contributed by atoms with van der Waals surface area (Å²) in [5.74, 6) is -0.0378. The van der Waals surface area contributed by atoms with E-state index in [-0.39, 0.29) is 24.1 Å². The number of aromatic nitrogens is 1. The number of aryl methyl sites for hydroxylation is 3. The lowest BCUT2D eigenvalue weighted by Crippen LogP contribution is -2.36. The molecule has 0 fully saturated rings. The number of rotatable bonds is 10. The Hall–Kier alpha value is -2.50. The molecule has 0 aliphatic heterocycles. The second-order valence-electron chi connectivity index (χ2n) is 8.29. The maximum Gasteiger partial charge on any atom is 0.348 e. The zero-order valence-electron chi connectivity index (χ0n) is 19.7. The highest BCUT2D eigenvalue weighted by Crippen LogP contribution is 2.39. The summed E-state index contributed by atoms with van der Waals surface area (Å²) in [7, 11) is -4.10. The van der Waals surface area contributed by atoms with Crippen molar-refractivity contribution >= 4 is 44.4 Å². The molecule has 0 amide bonds. The number of sulfonamides is 1. The zero-order chi connectivity index (χ0) is 25.2. The number of benzene rings is 1. The molecule has 1 aromatic carbocycles. The Kier molecular flexibility index (Phi) is 7.77. The number of ether oxygens (including phenoxy) is 2. The lowest BCUT2D eigenvalue weighted by Gasteiger charge is -2.26. The van der Waals surface area contributed by atoms with Gasteiger partial charge in [-0.25, -0.2) is 14.2 Å². The molecule has 2 aromatic heterocycles. The lowest BCUT2D eigenvalue weighted by molar-refractivity contribution is 0.0532. The van der Waals surface area contributed by atoms with Gasteiger partial charge in [0.1, 0.15) is 23.4 Å². The van der Waals surface area contributed by atoms with E-state index in [2.05, 4.69) is 4.98 Å². The average molecular weight is 539 g/mol. The van der Waals surface area contributed by atoms with Crippen molar-refractivity contribution in [2.24, 2.45) is 0 Å². The Labute approximate surface area is 212 Å². The van der Waals surface area contributed by atoms with Crippen molar-refractivity contribution in [2.45, 2.75) is 57.2 Å². The van der Waals surface area contributed by atoms with Crippen molar-refractivity contribution in [3.63, 3.8) is 0 Å². The summed E-state index contributed by atoms with van der Waals surface area (Å²) in [6.45, 7) is 4.85. The summed E-state index contributed by atoms with van der Waals surface area (Å²) in [5.41, 5.74) is 3.01. The van der Waals surface area contributed by atoms with Crippen molar-refractivity contribution < 1.29 is 27.1 Å². The number of anilines is 1. The SMILES string of the molecule is CCOC(=O)c1ccc(COc2cc3c(cc2N(CC(C)F)S(=O)(=O)c2nc(C)cs2)CCC3)s1. The van der Waals surface area contributed by atoms with Gasteiger partial charge in [0.05, 0.1) is 18.8 Å². The number of carbonyl (C=O) groups excluding carboxylic acids is 1. The molecule has 1 aliphatic rings. The molecule has 0 bridgehead atoms. The molecular weight excluding hydrogens is 511 g/mol. The number of hydrogen-bond donors (Lipinski definition) is 0. The number of hydrogen-bond acceptors (Lipinski definition) is 8. The first-order valence-corrected chi connectivity index (χ1v) is 14.5. The van der Waals surface area contributed by atoms with Crippen LogP contribution >= 0.6 is 22.7 Å². The van der Waals surface area contributed by atoms with Gasteiger partial charge in [0.2, 0.25) is 4.34 Å². The Morgan fingerprint density at radius 1 is 1.26 bits per heavy atom. The van der Waals surface area contributed by atoms with Crippen LogP contribution in [0.3, 0.4) is 0 Å². The second kappa shape index (κ2) is 10.6. The smallest absolute Gasteiger partial charge is 0.348 e. The van der Waals surface area contributed by atoms with Crippen LogP contribution in [-0.4, -0.2) is 38.7 Å². The van der Waals surface area contributed by atoms with E-state index in [0.717, 1.165) is 50.9 Å². The molecule has 3 aromatic rings. The summed E-state index contributed by atoms with van der Waals surface area (Å²) in [4.78, 5) is 17.4. The van der Waals surface area contributed by atoms with Gasteiger partial charge in [0.25, 0.3) is 10.0 Å². The van der Waals surface area contributed by atoms with Gasteiger partial charge in [-0.3, -0.25) is 4.31 Å². The molecule has 0 spiro atoms. The summed E-state index contributed by atoms with van der Waals surface area (Å²) < 4.78 is 53.5. The molecule has 0 N–H and O–H groups in total. The molecule has 2 heterocycles. The fourth-order valence-corrected chi connectivity index (χ4v) is 7.40. The number of halogens is 1. The number of thiazole rings is 1. The van der Waals surface area contributed by atoms with Crippen LogP contribution in [0.4, 0.5) is 10.1 Å². The van der Waals surface area contributed by atoms with Gasteiger partial charge in [0, 0.05) is 16.0 Å². The molecule has 4 rings (SSSR count). The van der Waals surface area contributed by atoms with Crippen molar-refractivity contribution in [2.75, 3.05) is 17.5 Å². The van der Waals surface area contributed by atoms with Crippen molar-refractivity contribution in [1.29, 1.82) is 0 Å². The van der Waals surface area contributed by atoms with Crippen LogP contribution in [-0.2, 0) is 34.2 Å². The number of fused-ring (bicyclic) bond motifs is 1. The molecule has 7 nitrogen and oxygen atoms in total. The van der Waals surface area contributed by atoms with Gasteiger partial charge in [-0.1, -0.05) is 0 Å². The van der Waals surface area contributed by atoms with Crippen LogP contribution in [0.5, 0.6) is 5.75 Å². The highest BCUT2D eigenvalue weighted by molar-refractivity contribution is 7.94. The van der Waals surface area contributed by atoms with E-state index < -0.39 is 22.2 Å². The van der Waals surface area contributed by atoms with Crippen molar-refractivity contribution in [1.82, 2.24) is 4.98 Å². The quantitative estimate of drug-likeness (QED) is 0.325. The minimum Gasteiger partial charge on any atom is -0.486 e. The van der Waals surface area contributed by atoms with Crippen molar-refractivity contribution in [3.8, 4) is 5.75 Å². The predicted octanol–water partition coefficient (Wildman–Crippen LogP) is 5.31. The fourth-order valence-electron chi connectivity index (χ4n) is 3.91. The number of thiophene rings is 1. The van der Waals surface area contributed by atoms with Crippen molar-refractivity contribution in [3.05, 3.63) is 56.2 Å². The van der Waals surface area contributed by atoms with Gasteiger partial charge in [0.15, 0.2) is 0 Å². The van der Waals surface area contributed by atoms with Gasteiger partial charge >= 0.3 is 5.97 Å². The van der Waals surface area contributed by atoms with E-state index in [4.69, 9.17) is 9.47 Å². The first kappa shape index (κ1) is 25.6. The zero-order valence-corrected chi connectivity index (χ0v) is 22.2. The van der Waals surface area contributed by atoms with E-state index in [1.54, 1.807) is 37.4 Å². The fraction of sp³-hybridized carbons (Fsp3) is 0.417. The molecule has 0 radical (unpaired) electrons.